The van der Waals surface area contributed by atoms with Gasteiger partial charge in [0.15, 0.2) is 0 Å². The van der Waals surface area contributed by atoms with Gasteiger partial charge in [0, 0.05) is 0 Å². The Labute approximate surface area is 264 Å². The lowest BCUT2D eigenvalue weighted by molar-refractivity contribution is -0.849. The first kappa shape index (κ1) is 39.0. The van der Waals surface area contributed by atoms with E-state index in [1.165, 1.54) is 75.3 Å². The van der Waals surface area contributed by atoms with Gasteiger partial charge in [0.25, 0.3) is 0 Å². The van der Waals surface area contributed by atoms with E-state index in [1.54, 1.807) is 14.2 Å². The molecule has 0 unspecified atom stereocenters. The van der Waals surface area contributed by atoms with Crippen LogP contribution in [-0.2, 0) is 35.4 Å². The maximum Gasteiger partial charge on any atom is 0.345 e. The molecule has 0 bridgehead atoms. The molecular formula is C36H62BNO5. The maximum absolute atomic E-state index is 12.6. The zero-order valence-corrected chi connectivity index (χ0v) is 28.8. The summed E-state index contributed by atoms with van der Waals surface area (Å²) in [7, 11) is 10.3. The minimum absolute atomic E-state index is 0.233. The smallest absolute Gasteiger partial charge is 0.345 e. The van der Waals surface area contributed by atoms with E-state index in [9.17, 15) is 5.02 Å². The molecule has 0 amide bonds. The highest BCUT2D eigenvalue weighted by atomic mass is 16.7. The predicted octanol–water partition coefficient (Wildman–Crippen LogP) is 7.91. The lowest BCUT2D eigenvalue weighted by atomic mass is 9.99. The third kappa shape index (κ3) is 19.8. The highest BCUT2D eigenvalue weighted by Gasteiger charge is 2.10. The van der Waals surface area contributed by atoms with E-state index < -0.39 is 7.32 Å². The molecule has 0 heterocycles. The molecule has 43 heavy (non-hydrogen) atoms. The Morgan fingerprint density at radius 1 is 0.558 bits per heavy atom. The molecule has 0 spiro atoms. The average molecular weight is 600 g/mol. The lowest BCUT2D eigenvalue weighted by Gasteiger charge is -2.22. The van der Waals surface area contributed by atoms with Crippen LogP contribution < -0.4 is 14.5 Å². The van der Waals surface area contributed by atoms with Gasteiger partial charge in [0.05, 0.1) is 55.6 Å². The molecular weight excluding hydrogens is 537 g/mol. The van der Waals surface area contributed by atoms with Crippen molar-refractivity contribution in [2.75, 3.05) is 42.4 Å². The number of aryl methyl sites for hydroxylation is 2. The minimum atomic E-state index is -1.54. The Morgan fingerprint density at radius 3 is 1.26 bits per heavy atom. The van der Waals surface area contributed by atoms with Crippen molar-refractivity contribution >= 4 is 7.32 Å². The Bertz CT molecular complexity index is 901. The number of quaternary nitrogens is 1. The molecule has 7 heteroatoms. The second kappa shape index (κ2) is 23.3. The van der Waals surface area contributed by atoms with Gasteiger partial charge in [-0.3, -0.25) is 0 Å². The first-order valence-corrected chi connectivity index (χ1v) is 16.6. The molecule has 0 saturated heterocycles. The quantitative estimate of drug-likeness (QED) is 0.0782. The Morgan fingerprint density at radius 2 is 0.907 bits per heavy atom. The molecule has 2 aromatic rings. The van der Waals surface area contributed by atoms with Crippen LogP contribution in [0, 0.1) is 0 Å². The van der Waals surface area contributed by atoms with Crippen molar-refractivity contribution in [3.63, 3.8) is 0 Å². The van der Waals surface area contributed by atoms with Crippen LogP contribution in [0.4, 0.5) is 0 Å². The van der Waals surface area contributed by atoms with Gasteiger partial charge in [-0.1, -0.05) is 90.2 Å². The van der Waals surface area contributed by atoms with Crippen molar-refractivity contribution < 1.29 is 28.3 Å². The first-order valence-electron chi connectivity index (χ1n) is 16.6. The lowest BCUT2D eigenvalue weighted by Crippen LogP contribution is -2.37. The summed E-state index contributed by atoms with van der Waals surface area (Å²) in [5, 5.41) is 12.6. The standard InChI is InChI=1S/C32H50BO5.C4H12N/c1-5-7-9-11-13-15-17-27-23-31(35-3)21-19-29(27)25-37-33(34)38-26-30-20-22-32(36-4)24-28(30)18-16-14-12-10-8-6-2;1-5(2,3)4/h19-24H,5-18,25-26H2,1-4H3;1-4H3/q-1;+1. The minimum Gasteiger partial charge on any atom is -0.832 e. The van der Waals surface area contributed by atoms with Gasteiger partial charge in [-0.15, -0.1) is 0 Å². The van der Waals surface area contributed by atoms with Gasteiger partial charge < -0.3 is 28.3 Å². The maximum atomic E-state index is 12.6. The monoisotopic (exact) mass is 599 g/mol. The van der Waals surface area contributed by atoms with Crippen molar-refractivity contribution in [3.8, 4) is 11.5 Å². The summed E-state index contributed by atoms with van der Waals surface area (Å²) in [5.74, 6) is 1.67. The molecule has 0 saturated carbocycles. The van der Waals surface area contributed by atoms with Crippen LogP contribution in [0.3, 0.4) is 0 Å². The van der Waals surface area contributed by atoms with E-state index in [2.05, 4.69) is 54.2 Å². The number of rotatable bonds is 22. The molecule has 2 aromatic carbocycles. The summed E-state index contributed by atoms with van der Waals surface area (Å²) in [4.78, 5) is 0. The van der Waals surface area contributed by atoms with Gasteiger partial charge in [0.1, 0.15) is 11.5 Å². The summed E-state index contributed by atoms with van der Waals surface area (Å²) in [6.45, 7) is 4.94. The number of hydrogen-bond acceptors (Lipinski definition) is 5. The van der Waals surface area contributed by atoms with Crippen LogP contribution in [0.15, 0.2) is 36.4 Å². The SMILES string of the molecule is CCCCCCCCc1cc(OC)ccc1COB([O-])OCc1ccc(OC)cc1CCCCCCCC.C[N+](C)(C)C. The molecule has 0 aromatic heterocycles. The molecule has 244 valence electrons. The first-order chi connectivity index (χ1) is 20.6. The van der Waals surface area contributed by atoms with Crippen molar-refractivity contribution in [2.24, 2.45) is 0 Å². The number of unbranched alkanes of at least 4 members (excludes halogenated alkanes) is 10. The highest BCUT2D eigenvalue weighted by Crippen LogP contribution is 2.23. The van der Waals surface area contributed by atoms with Gasteiger partial charge in [-0.25, -0.2) is 0 Å². The van der Waals surface area contributed by atoms with E-state index in [0.717, 1.165) is 52.8 Å². The van der Waals surface area contributed by atoms with Crippen molar-refractivity contribution in [1.82, 2.24) is 0 Å². The van der Waals surface area contributed by atoms with E-state index in [-0.39, 0.29) is 13.2 Å². The van der Waals surface area contributed by atoms with Crippen LogP contribution in [0.1, 0.15) is 113 Å². The Kier molecular flexibility index (Phi) is 21.2. The number of hydrogen-bond donors (Lipinski definition) is 0. The van der Waals surface area contributed by atoms with Crippen molar-refractivity contribution in [2.45, 2.75) is 117 Å². The van der Waals surface area contributed by atoms with E-state index in [0.29, 0.717) is 0 Å². The highest BCUT2D eigenvalue weighted by molar-refractivity contribution is 6.32. The molecule has 0 atom stereocenters. The molecule has 0 radical (unpaired) electrons. The largest absolute Gasteiger partial charge is 0.832 e. The summed E-state index contributed by atoms with van der Waals surface area (Å²) >= 11 is 0. The van der Waals surface area contributed by atoms with Gasteiger partial charge >= 0.3 is 7.32 Å². The zero-order valence-electron chi connectivity index (χ0n) is 28.8. The third-order valence-electron chi connectivity index (χ3n) is 7.18. The molecule has 0 aliphatic heterocycles. The average Bonchev–Trinajstić information content (AvgIpc) is 2.98. The summed E-state index contributed by atoms with van der Waals surface area (Å²) in [6.07, 6.45) is 16.9. The number of methoxy groups -OCH3 is 2. The fourth-order valence-corrected chi connectivity index (χ4v) is 4.76. The Balaban J connectivity index is 0.00000170. The molecule has 6 nitrogen and oxygen atoms in total. The van der Waals surface area contributed by atoms with Gasteiger partial charge in [-0.05, 0) is 72.2 Å². The zero-order chi connectivity index (χ0) is 31.9. The topological polar surface area (TPSA) is 60.0 Å². The Hall–Kier alpha value is -2.06. The van der Waals surface area contributed by atoms with E-state index in [1.807, 2.05) is 24.3 Å². The molecule has 0 fully saturated rings. The van der Waals surface area contributed by atoms with Crippen LogP contribution in [0.25, 0.3) is 0 Å². The predicted molar refractivity (Wildman–Crippen MR) is 179 cm³/mol. The van der Waals surface area contributed by atoms with Crippen LogP contribution in [0.2, 0.25) is 0 Å². The summed E-state index contributed by atoms with van der Waals surface area (Å²) < 4.78 is 23.1. The molecule has 0 aliphatic rings. The molecule has 0 N–H and O–H groups in total. The fourth-order valence-electron chi connectivity index (χ4n) is 4.76. The van der Waals surface area contributed by atoms with Crippen LogP contribution in [0.5, 0.6) is 11.5 Å². The second-order valence-corrected chi connectivity index (χ2v) is 12.9. The number of benzene rings is 2. The van der Waals surface area contributed by atoms with Gasteiger partial charge in [-0.2, -0.15) is 0 Å². The van der Waals surface area contributed by atoms with E-state index in [4.69, 9.17) is 18.8 Å². The van der Waals surface area contributed by atoms with Crippen molar-refractivity contribution in [3.05, 3.63) is 58.7 Å². The van der Waals surface area contributed by atoms with Crippen molar-refractivity contribution in [1.29, 1.82) is 0 Å². The summed E-state index contributed by atoms with van der Waals surface area (Å²) in [6, 6.07) is 12.0. The fraction of sp³-hybridized carbons (Fsp3) is 0.667. The van der Waals surface area contributed by atoms with Gasteiger partial charge in [0.2, 0.25) is 0 Å². The number of ether oxygens (including phenoxy) is 2. The normalized spacial score (nSPS) is 11.2. The number of nitrogens with zero attached hydrogens (tertiary/aromatic N) is 1. The van der Waals surface area contributed by atoms with Crippen LogP contribution >= 0.6 is 0 Å². The van der Waals surface area contributed by atoms with E-state index >= 15 is 0 Å². The third-order valence-corrected chi connectivity index (χ3v) is 7.18. The summed E-state index contributed by atoms with van der Waals surface area (Å²) in [5.41, 5.74) is 4.42. The van der Waals surface area contributed by atoms with Crippen LogP contribution in [-0.4, -0.2) is 54.2 Å². The second-order valence-electron chi connectivity index (χ2n) is 12.9. The molecule has 2 rings (SSSR count). The molecule has 0 aliphatic carbocycles.